The molecule has 0 spiro atoms. The maximum absolute atomic E-state index is 12.0. The lowest BCUT2D eigenvalue weighted by Crippen LogP contribution is -2.43. The van der Waals surface area contributed by atoms with Crippen molar-refractivity contribution >= 4 is 17.5 Å². The molecule has 0 bridgehead atoms. The molecule has 2 amide bonds. The van der Waals surface area contributed by atoms with Crippen LogP contribution < -0.4 is 5.32 Å². The van der Waals surface area contributed by atoms with Gasteiger partial charge in [-0.05, 0) is 37.0 Å². The molecule has 20 heavy (non-hydrogen) atoms. The normalized spacial score (nSPS) is 15.5. The zero-order valence-electron chi connectivity index (χ0n) is 11.4. The van der Waals surface area contributed by atoms with Crippen molar-refractivity contribution in [2.24, 2.45) is 5.92 Å². The van der Waals surface area contributed by atoms with Gasteiger partial charge in [-0.1, -0.05) is 13.0 Å². The van der Waals surface area contributed by atoms with Gasteiger partial charge in [-0.3, -0.25) is 9.59 Å². The van der Waals surface area contributed by atoms with Crippen molar-refractivity contribution in [1.29, 1.82) is 5.26 Å². The van der Waals surface area contributed by atoms with Gasteiger partial charge in [-0.15, -0.1) is 0 Å². The molecule has 1 heterocycles. The summed E-state index contributed by atoms with van der Waals surface area (Å²) in [6.07, 6.45) is 1.87. The number of nitrogens with zero attached hydrogens (tertiary/aromatic N) is 2. The average molecular weight is 271 g/mol. The molecule has 2 rings (SSSR count). The number of carbonyl (C=O) groups is 2. The van der Waals surface area contributed by atoms with Gasteiger partial charge in [-0.25, -0.2) is 0 Å². The first-order valence-corrected chi connectivity index (χ1v) is 6.70. The van der Waals surface area contributed by atoms with E-state index in [1.54, 1.807) is 29.2 Å². The van der Waals surface area contributed by atoms with Gasteiger partial charge in [0, 0.05) is 18.8 Å². The van der Waals surface area contributed by atoms with Gasteiger partial charge in [0.2, 0.25) is 0 Å². The number of piperidine rings is 1. The standard InChI is InChI=1S/C15H17N3O2/c1-11-5-7-18(8-6-11)15(20)14(19)17-13-4-2-3-12(9-13)10-16/h2-4,9,11H,5-8H2,1H3,(H,17,19). The molecule has 0 saturated carbocycles. The summed E-state index contributed by atoms with van der Waals surface area (Å²) in [4.78, 5) is 25.5. The van der Waals surface area contributed by atoms with E-state index in [0.717, 1.165) is 12.8 Å². The Labute approximate surface area is 118 Å². The lowest BCUT2D eigenvalue weighted by atomic mass is 9.99. The predicted molar refractivity (Wildman–Crippen MR) is 74.8 cm³/mol. The summed E-state index contributed by atoms with van der Waals surface area (Å²) >= 11 is 0. The van der Waals surface area contributed by atoms with Gasteiger partial charge in [0.1, 0.15) is 0 Å². The van der Waals surface area contributed by atoms with E-state index in [0.29, 0.717) is 30.3 Å². The molecule has 1 N–H and O–H groups in total. The Morgan fingerprint density at radius 2 is 2.05 bits per heavy atom. The van der Waals surface area contributed by atoms with E-state index in [-0.39, 0.29) is 0 Å². The van der Waals surface area contributed by atoms with Crippen molar-refractivity contribution in [3.05, 3.63) is 29.8 Å². The lowest BCUT2D eigenvalue weighted by molar-refractivity contribution is -0.144. The molecule has 0 unspecified atom stereocenters. The van der Waals surface area contributed by atoms with Gasteiger partial charge in [0.15, 0.2) is 0 Å². The Bertz CT molecular complexity index is 554. The summed E-state index contributed by atoms with van der Waals surface area (Å²) in [5, 5.41) is 11.3. The first-order chi connectivity index (χ1) is 9.60. The van der Waals surface area contributed by atoms with E-state index in [9.17, 15) is 9.59 Å². The molecule has 1 aliphatic rings. The van der Waals surface area contributed by atoms with Crippen LogP contribution in [0.4, 0.5) is 5.69 Å². The summed E-state index contributed by atoms with van der Waals surface area (Å²) in [6, 6.07) is 8.50. The van der Waals surface area contributed by atoms with E-state index in [2.05, 4.69) is 12.2 Å². The second kappa shape index (κ2) is 6.20. The van der Waals surface area contributed by atoms with Gasteiger partial charge in [0.25, 0.3) is 0 Å². The molecule has 0 radical (unpaired) electrons. The minimum absolute atomic E-state index is 0.446. The minimum Gasteiger partial charge on any atom is -0.334 e. The molecular weight excluding hydrogens is 254 g/mol. The fourth-order valence-corrected chi connectivity index (χ4v) is 2.21. The van der Waals surface area contributed by atoms with E-state index in [1.807, 2.05) is 6.07 Å². The number of likely N-dealkylation sites (tertiary alicyclic amines) is 1. The number of hydrogen-bond acceptors (Lipinski definition) is 3. The molecule has 1 aromatic carbocycles. The molecule has 5 heteroatoms. The van der Waals surface area contributed by atoms with Crippen LogP contribution in [0.2, 0.25) is 0 Å². The highest BCUT2D eigenvalue weighted by molar-refractivity contribution is 6.39. The van der Waals surface area contributed by atoms with Crippen molar-refractivity contribution < 1.29 is 9.59 Å². The molecular formula is C15H17N3O2. The number of hydrogen-bond donors (Lipinski definition) is 1. The molecule has 5 nitrogen and oxygen atoms in total. The van der Waals surface area contributed by atoms with Gasteiger partial charge < -0.3 is 10.2 Å². The lowest BCUT2D eigenvalue weighted by Gasteiger charge is -2.29. The molecule has 1 fully saturated rings. The van der Waals surface area contributed by atoms with E-state index < -0.39 is 11.8 Å². The SMILES string of the molecule is CC1CCN(C(=O)C(=O)Nc2cccc(C#N)c2)CC1. The van der Waals surface area contributed by atoms with Crippen LogP contribution in [0.3, 0.4) is 0 Å². The summed E-state index contributed by atoms with van der Waals surface area (Å²) in [7, 11) is 0. The molecule has 0 atom stereocenters. The maximum Gasteiger partial charge on any atom is 0.313 e. The number of benzene rings is 1. The summed E-state index contributed by atoms with van der Waals surface area (Å²) in [5.41, 5.74) is 0.912. The fraction of sp³-hybridized carbons (Fsp3) is 0.400. The van der Waals surface area contributed by atoms with Crippen molar-refractivity contribution in [3.63, 3.8) is 0 Å². The average Bonchev–Trinajstić information content (AvgIpc) is 2.47. The molecule has 1 saturated heterocycles. The van der Waals surface area contributed by atoms with Gasteiger partial charge in [-0.2, -0.15) is 5.26 Å². The second-order valence-corrected chi connectivity index (χ2v) is 5.12. The van der Waals surface area contributed by atoms with Crippen molar-refractivity contribution in [1.82, 2.24) is 4.90 Å². The van der Waals surface area contributed by atoms with Gasteiger partial charge in [0.05, 0.1) is 11.6 Å². The quantitative estimate of drug-likeness (QED) is 0.791. The zero-order valence-corrected chi connectivity index (χ0v) is 11.4. The Hall–Kier alpha value is -2.35. The van der Waals surface area contributed by atoms with Crippen LogP contribution >= 0.6 is 0 Å². The third-order valence-electron chi connectivity index (χ3n) is 3.51. The van der Waals surface area contributed by atoms with Crippen LogP contribution in [-0.4, -0.2) is 29.8 Å². The van der Waals surface area contributed by atoms with Crippen LogP contribution in [-0.2, 0) is 9.59 Å². The van der Waals surface area contributed by atoms with Crippen molar-refractivity contribution in [2.45, 2.75) is 19.8 Å². The molecule has 0 aliphatic carbocycles. The van der Waals surface area contributed by atoms with Crippen LogP contribution in [0, 0.1) is 17.2 Å². The van der Waals surface area contributed by atoms with E-state index >= 15 is 0 Å². The number of anilines is 1. The Balaban J connectivity index is 1.97. The number of carbonyl (C=O) groups excluding carboxylic acids is 2. The molecule has 1 aromatic rings. The summed E-state index contributed by atoms with van der Waals surface area (Å²) < 4.78 is 0. The minimum atomic E-state index is -0.644. The van der Waals surface area contributed by atoms with Crippen molar-refractivity contribution in [3.8, 4) is 6.07 Å². The molecule has 1 aliphatic heterocycles. The van der Waals surface area contributed by atoms with Crippen LogP contribution in [0.5, 0.6) is 0 Å². The fourth-order valence-electron chi connectivity index (χ4n) is 2.21. The van der Waals surface area contributed by atoms with E-state index in [1.165, 1.54) is 0 Å². The highest BCUT2D eigenvalue weighted by Gasteiger charge is 2.25. The molecule has 104 valence electrons. The first kappa shape index (κ1) is 14.1. The Kier molecular flexibility index (Phi) is 4.36. The number of nitrogens with one attached hydrogen (secondary N) is 1. The second-order valence-electron chi connectivity index (χ2n) is 5.12. The number of amides is 2. The highest BCUT2D eigenvalue weighted by atomic mass is 16.2. The third-order valence-corrected chi connectivity index (χ3v) is 3.51. The highest BCUT2D eigenvalue weighted by Crippen LogP contribution is 2.16. The van der Waals surface area contributed by atoms with Crippen LogP contribution in [0.15, 0.2) is 24.3 Å². The first-order valence-electron chi connectivity index (χ1n) is 6.70. The Morgan fingerprint density at radius 1 is 1.35 bits per heavy atom. The largest absolute Gasteiger partial charge is 0.334 e. The van der Waals surface area contributed by atoms with Gasteiger partial charge >= 0.3 is 11.8 Å². The monoisotopic (exact) mass is 271 g/mol. The van der Waals surface area contributed by atoms with E-state index in [4.69, 9.17) is 5.26 Å². The van der Waals surface area contributed by atoms with Crippen molar-refractivity contribution in [2.75, 3.05) is 18.4 Å². The smallest absolute Gasteiger partial charge is 0.313 e. The predicted octanol–water partition coefficient (Wildman–Crippen LogP) is 1.76. The zero-order chi connectivity index (χ0) is 14.5. The third kappa shape index (κ3) is 3.35. The molecule has 0 aromatic heterocycles. The van der Waals surface area contributed by atoms with Crippen LogP contribution in [0.25, 0.3) is 0 Å². The topological polar surface area (TPSA) is 73.2 Å². The number of nitriles is 1. The summed E-state index contributed by atoms with van der Waals surface area (Å²) in [6.45, 7) is 3.41. The maximum atomic E-state index is 12.0. The number of rotatable bonds is 1. The van der Waals surface area contributed by atoms with Crippen LogP contribution in [0.1, 0.15) is 25.3 Å². The summed E-state index contributed by atoms with van der Waals surface area (Å²) in [5.74, 6) is -0.539. The Morgan fingerprint density at radius 3 is 2.70 bits per heavy atom.